The Labute approximate surface area is 119 Å². The maximum absolute atomic E-state index is 12.4. The van der Waals surface area contributed by atoms with Crippen molar-refractivity contribution in [2.75, 3.05) is 32.7 Å². The van der Waals surface area contributed by atoms with Gasteiger partial charge >= 0.3 is 0 Å². The van der Waals surface area contributed by atoms with Crippen molar-refractivity contribution in [3.63, 3.8) is 0 Å². The summed E-state index contributed by atoms with van der Waals surface area (Å²) in [5, 5.41) is 3.94. The highest BCUT2D eigenvalue weighted by atomic mass is 16.5. The molecule has 110 valence electrons. The molecule has 1 aliphatic heterocycles. The monoisotopic (exact) mass is 277 g/mol. The van der Waals surface area contributed by atoms with Gasteiger partial charge in [0.15, 0.2) is 5.69 Å². The highest BCUT2D eigenvalue weighted by Crippen LogP contribution is 2.40. The molecular formula is C15H23N3O2. The number of piperazine rings is 1. The maximum Gasteiger partial charge on any atom is 0.276 e. The van der Waals surface area contributed by atoms with Gasteiger partial charge < -0.3 is 9.42 Å². The predicted molar refractivity (Wildman–Crippen MR) is 75.7 cm³/mol. The average Bonchev–Trinajstić information content (AvgIpc) is 3.16. The second-order valence-corrected chi connectivity index (χ2v) is 6.38. The Kier molecular flexibility index (Phi) is 3.78. The van der Waals surface area contributed by atoms with Gasteiger partial charge in [-0.05, 0) is 18.8 Å². The van der Waals surface area contributed by atoms with Crippen molar-refractivity contribution in [3.8, 4) is 0 Å². The third kappa shape index (κ3) is 3.03. The van der Waals surface area contributed by atoms with E-state index in [-0.39, 0.29) is 5.91 Å². The normalized spacial score (nSPS) is 20.6. The topological polar surface area (TPSA) is 49.6 Å². The zero-order valence-electron chi connectivity index (χ0n) is 12.3. The van der Waals surface area contributed by atoms with Crippen molar-refractivity contribution in [1.29, 1.82) is 0 Å². The molecule has 0 radical (unpaired) electrons. The molecule has 0 atom stereocenters. The van der Waals surface area contributed by atoms with Gasteiger partial charge in [-0.1, -0.05) is 19.0 Å². The van der Waals surface area contributed by atoms with Crippen molar-refractivity contribution >= 4 is 5.91 Å². The van der Waals surface area contributed by atoms with Crippen molar-refractivity contribution in [1.82, 2.24) is 15.0 Å². The second kappa shape index (κ2) is 5.56. The van der Waals surface area contributed by atoms with Crippen LogP contribution in [0.2, 0.25) is 0 Å². The summed E-state index contributed by atoms with van der Waals surface area (Å²) < 4.78 is 5.27. The quantitative estimate of drug-likeness (QED) is 0.844. The first-order chi connectivity index (χ1) is 9.63. The molecule has 2 aliphatic rings. The van der Waals surface area contributed by atoms with E-state index in [9.17, 15) is 4.79 Å². The number of aromatic nitrogens is 1. The first kappa shape index (κ1) is 13.6. The Morgan fingerprint density at radius 1 is 1.35 bits per heavy atom. The van der Waals surface area contributed by atoms with E-state index < -0.39 is 0 Å². The van der Waals surface area contributed by atoms with Crippen LogP contribution in [0.4, 0.5) is 0 Å². The number of carbonyl (C=O) groups is 1. The average molecular weight is 277 g/mol. The molecule has 0 bridgehead atoms. The molecule has 1 aliphatic carbocycles. The molecule has 2 fully saturated rings. The van der Waals surface area contributed by atoms with Gasteiger partial charge in [-0.15, -0.1) is 0 Å². The van der Waals surface area contributed by atoms with E-state index >= 15 is 0 Å². The number of amides is 1. The van der Waals surface area contributed by atoms with Crippen LogP contribution in [0.5, 0.6) is 0 Å². The van der Waals surface area contributed by atoms with E-state index in [2.05, 4.69) is 23.9 Å². The van der Waals surface area contributed by atoms with E-state index in [4.69, 9.17) is 4.52 Å². The molecule has 20 heavy (non-hydrogen) atoms. The van der Waals surface area contributed by atoms with Gasteiger partial charge in [-0.3, -0.25) is 9.69 Å². The summed E-state index contributed by atoms with van der Waals surface area (Å²) >= 11 is 0. The Morgan fingerprint density at radius 3 is 2.65 bits per heavy atom. The Hall–Kier alpha value is -1.36. The molecule has 1 amide bonds. The summed E-state index contributed by atoms with van der Waals surface area (Å²) in [6.07, 6.45) is 2.33. The Morgan fingerprint density at radius 2 is 2.05 bits per heavy atom. The Balaban J connectivity index is 1.55. The van der Waals surface area contributed by atoms with E-state index in [1.54, 1.807) is 0 Å². The summed E-state index contributed by atoms with van der Waals surface area (Å²) in [7, 11) is 0. The summed E-state index contributed by atoms with van der Waals surface area (Å²) in [6, 6.07) is 1.83. The molecule has 1 saturated carbocycles. The van der Waals surface area contributed by atoms with Gasteiger partial charge in [0, 0.05) is 44.7 Å². The van der Waals surface area contributed by atoms with E-state index in [1.807, 2.05) is 11.0 Å². The number of rotatable bonds is 4. The van der Waals surface area contributed by atoms with Gasteiger partial charge in [0.1, 0.15) is 5.76 Å². The van der Waals surface area contributed by atoms with Crippen LogP contribution >= 0.6 is 0 Å². The fraction of sp³-hybridized carbons (Fsp3) is 0.733. The standard InChI is InChI=1S/C15H23N3O2/c1-11(2)10-17-5-7-18(8-6-17)15(19)13-9-14(20-16-13)12-3-4-12/h9,11-12H,3-8,10H2,1-2H3. The number of hydrogen-bond donors (Lipinski definition) is 0. The van der Waals surface area contributed by atoms with E-state index in [0.29, 0.717) is 17.5 Å². The van der Waals surface area contributed by atoms with Crippen LogP contribution in [0.1, 0.15) is 48.9 Å². The molecule has 0 unspecified atom stereocenters. The summed E-state index contributed by atoms with van der Waals surface area (Å²) in [4.78, 5) is 16.7. The van der Waals surface area contributed by atoms with Crippen LogP contribution in [-0.2, 0) is 0 Å². The van der Waals surface area contributed by atoms with Crippen molar-refractivity contribution in [3.05, 3.63) is 17.5 Å². The lowest BCUT2D eigenvalue weighted by Crippen LogP contribution is -2.49. The van der Waals surface area contributed by atoms with Gasteiger partial charge in [0.25, 0.3) is 5.91 Å². The van der Waals surface area contributed by atoms with Crippen molar-refractivity contribution in [2.45, 2.75) is 32.6 Å². The highest BCUT2D eigenvalue weighted by Gasteiger charge is 2.30. The molecule has 0 spiro atoms. The zero-order valence-corrected chi connectivity index (χ0v) is 12.3. The number of nitrogens with zero attached hydrogens (tertiary/aromatic N) is 3. The van der Waals surface area contributed by atoms with E-state index in [0.717, 1.165) is 51.3 Å². The fourth-order valence-corrected chi connectivity index (χ4v) is 2.76. The largest absolute Gasteiger partial charge is 0.360 e. The SMILES string of the molecule is CC(C)CN1CCN(C(=O)c2cc(C3CC3)on2)CC1. The van der Waals surface area contributed by atoms with Crippen LogP contribution in [0, 0.1) is 5.92 Å². The van der Waals surface area contributed by atoms with Gasteiger partial charge in [-0.25, -0.2) is 0 Å². The van der Waals surface area contributed by atoms with Crippen molar-refractivity contribution in [2.24, 2.45) is 5.92 Å². The summed E-state index contributed by atoms with van der Waals surface area (Å²) in [5.74, 6) is 2.08. The van der Waals surface area contributed by atoms with Crippen LogP contribution < -0.4 is 0 Å². The van der Waals surface area contributed by atoms with Crippen LogP contribution in [0.3, 0.4) is 0 Å². The first-order valence-electron chi connectivity index (χ1n) is 7.61. The molecule has 2 heterocycles. The Bertz CT molecular complexity index is 471. The lowest BCUT2D eigenvalue weighted by molar-refractivity contribution is 0.0614. The zero-order chi connectivity index (χ0) is 14.1. The predicted octanol–water partition coefficient (Wildman–Crippen LogP) is 1.97. The lowest BCUT2D eigenvalue weighted by atomic mass is 10.2. The maximum atomic E-state index is 12.4. The number of carbonyl (C=O) groups excluding carboxylic acids is 1. The van der Waals surface area contributed by atoms with E-state index in [1.165, 1.54) is 0 Å². The third-order valence-electron chi connectivity index (χ3n) is 4.01. The summed E-state index contributed by atoms with van der Waals surface area (Å²) in [5.41, 5.74) is 0.476. The molecule has 0 N–H and O–H groups in total. The highest BCUT2D eigenvalue weighted by molar-refractivity contribution is 5.92. The molecule has 5 heteroatoms. The third-order valence-corrected chi connectivity index (χ3v) is 4.01. The number of hydrogen-bond acceptors (Lipinski definition) is 4. The van der Waals surface area contributed by atoms with Crippen molar-refractivity contribution < 1.29 is 9.32 Å². The molecule has 1 aromatic rings. The van der Waals surface area contributed by atoms with Crippen LogP contribution in [0.15, 0.2) is 10.6 Å². The minimum Gasteiger partial charge on any atom is -0.360 e. The molecule has 5 nitrogen and oxygen atoms in total. The van der Waals surface area contributed by atoms with Crippen LogP contribution in [0.25, 0.3) is 0 Å². The molecule has 1 aromatic heterocycles. The van der Waals surface area contributed by atoms with Gasteiger partial charge in [0.2, 0.25) is 0 Å². The first-order valence-corrected chi connectivity index (χ1v) is 7.61. The molecule has 1 saturated heterocycles. The minimum atomic E-state index is 0.0184. The molecule has 0 aromatic carbocycles. The minimum absolute atomic E-state index is 0.0184. The van der Waals surface area contributed by atoms with Gasteiger partial charge in [-0.2, -0.15) is 0 Å². The lowest BCUT2D eigenvalue weighted by Gasteiger charge is -2.35. The van der Waals surface area contributed by atoms with Crippen LogP contribution in [-0.4, -0.2) is 53.6 Å². The second-order valence-electron chi connectivity index (χ2n) is 6.38. The van der Waals surface area contributed by atoms with Gasteiger partial charge in [0.05, 0.1) is 0 Å². The molecular weight excluding hydrogens is 254 g/mol. The smallest absolute Gasteiger partial charge is 0.276 e. The molecule has 3 rings (SSSR count). The fourth-order valence-electron chi connectivity index (χ4n) is 2.76. The summed E-state index contributed by atoms with van der Waals surface area (Å²) in [6.45, 7) is 9.05.